The van der Waals surface area contributed by atoms with Crippen LogP contribution in [-0.2, 0) is 0 Å². The molecule has 0 aliphatic heterocycles. The van der Waals surface area contributed by atoms with Crippen LogP contribution in [0.25, 0.3) is 0 Å². The summed E-state index contributed by atoms with van der Waals surface area (Å²) in [6.07, 6.45) is 5.80. The maximum atomic E-state index is 5.75. The number of hydrogen-bond donors (Lipinski definition) is 2. The van der Waals surface area contributed by atoms with E-state index < -0.39 is 0 Å². The molecule has 0 aromatic carbocycles. The summed E-state index contributed by atoms with van der Waals surface area (Å²) in [5.74, 6) is 0. The summed E-state index contributed by atoms with van der Waals surface area (Å²) in [7, 11) is 4.07. The highest BCUT2D eigenvalue weighted by Gasteiger charge is 2.26. The summed E-state index contributed by atoms with van der Waals surface area (Å²) >= 11 is 0. The van der Waals surface area contributed by atoms with Crippen molar-refractivity contribution in [1.82, 2.24) is 4.98 Å². The minimum absolute atomic E-state index is 0.377. The van der Waals surface area contributed by atoms with Crippen molar-refractivity contribution in [2.24, 2.45) is 5.73 Å². The van der Waals surface area contributed by atoms with Gasteiger partial charge in [0.25, 0.3) is 0 Å². The lowest BCUT2D eigenvalue weighted by atomic mass is 9.87. The lowest BCUT2D eigenvalue weighted by Gasteiger charge is -2.34. The van der Waals surface area contributed by atoms with Crippen LogP contribution in [0.5, 0.6) is 0 Å². The van der Waals surface area contributed by atoms with Crippen molar-refractivity contribution in [3.05, 3.63) is 18.5 Å². The maximum Gasteiger partial charge on any atom is 0.0766 e. The van der Waals surface area contributed by atoms with Gasteiger partial charge in [0.1, 0.15) is 0 Å². The van der Waals surface area contributed by atoms with Crippen LogP contribution < -0.4 is 16.0 Å². The van der Waals surface area contributed by atoms with E-state index in [1.54, 1.807) is 0 Å². The highest BCUT2D eigenvalue weighted by molar-refractivity contribution is 5.68. The first kappa shape index (κ1) is 10.2. The highest BCUT2D eigenvalue weighted by atomic mass is 15.1. The standard InChI is InChI=1S/C11H18N4/c1-15(2)11-3-4-13-7-10(11)14-9-5-8(12)6-9/h3-4,7-9,14H,5-6,12H2,1-2H3. The number of nitrogens with two attached hydrogens (primary N) is 1. The van der Waals surface area contributed by atoms with Gasteiger partial charge in [0.05, 0.1) is 17.6 Å². The zero-order valence-corrected chi connectivity index (χ0v) is 9.27. The first-order valence-electron chi connectivity index (χ1n) is 5.30. The van der Waals surface area contributed by atoms with Crippen LogP contribution in [0.15, 0.2) is 18.5 Å². The minimum Gasteiger partial charge on any atom is -0.379 e. The Hall–Kier alpha value is -1.29. The van der Waals surface area contributed by atoms with Crippen molar-refractivity contribution < 1.29 is 0 Å². The minimum atomic E-state index is 0.377. The first-order chi connectivity index (χ1) is 7.16. The van der Waals surface area contributed by atoms with Gasteiger partial charge in [-0.2, -0.15) is 0 Å². The summed E-state index contributed by atoms with van der Waals surface area (Å²) < 4.78 is 0. The van der Waals surface area contributed by atoms with Gasteiger partial charge in [0.2, 0.25) is 0 Å². The molecular weight excluding hydrogens is 188 g/mol. The number of rotatable bonds is 3. The molecule has 0 spiro atoms. The molecule has 1 heterocycles. The third kappa shape index (κ3) is 2.21. The summed E-state index contributed by atoms with van der Waals surface area (Å²) in [5.41, 5.74) is 8.02. The molecule has 4 nitrogen and oxygen atoms in total. The Kier molecular flexibility index (Phi) is 2.77. The Morgan fingerprint density at radius 1 is 1.47 bits per heavy atom. The number of pyridine rings is 1. The Balaban J connectivity index is 2.07. The smallest absolute Gasteiger partial charge is 0.0766 e. The van der Waals surface area contributed by atoms with Crippen molar-refractivity contribution in [2.75, 3.05) is 24.3 Å². The molecule has 82 valence electrons. The molecular formula is C11H18N4. The molecule has 0 bridgehead atoms. The molecule has 1 aliphatic carbocycles. The zero-order chi connectivity index (χ0) is 10.8. The largest absolute Gasteiger partial charge is 0.379 e. The SMILES string of the molecule is CN(C)c1ccncc1NC1CC(N)C1. The normalized spacial score (nSPS) is 24.5. The molecule has 0 unspecified atom stereocenters. The molecule has 1 aromatic rings. The molecule has 0 atom stereocenters. The van der Waals surface area contributed by atoms with E-state index in [2.05, 4.69) is 15.2 Å². The van der Waals surface area contributed by atoms with E-state index in [-0.39, 0.29) is 0 Å². The fourth-order valence-electron chi connectivity index (χ4n) is 1.89. The van der Waals surface area contributed by atoms with Crippen LogP contribution in [0.1, 0.15) is 12.8 Å². The molecule has 3 N–H and O–H groups in total. The van der Waals surface area contributed by atoms with Crippen LogP contribution in [0.4, 0.5) is 11.4 Å². The van der Waals surface area contributed by atoms with Gasteiger partial charge in [-0.25, -0.2) is 0 Å². The van der Waals surface area contributed by atoms with E-state index in [0.717, 1.165) is 18.5 Å². The summed E-state index contributed by atoms with van der Waals surface area (Å²) in [6.45, 7) is 0. The number of aromatic nitrogens is 1. The van der Waals surface area contributed by atoms with Crippen LogP contribution >= 0.6 is 0 Å². The lowest BCUT2D eigenvalue weighted by molar-refractivity contribution is 0.373. The average Bonchev–Trinajstić information content (AvgIpc) is 2.16. The van der Waals surface area contributed by atoms with E-state index in [4.69, 9.17) is 5.73 Å². The number of anilines is 2. The molecule has 1 fully saturated rings. The lowest BCUT2D eigenvalue weighted by Crippen LogP contribution is -2.44. The molecule has 15 heavy (non-hydrogen) atoms. The monoisotopic (exact) mass is 206 g/mol. The van der Waals surface area contributed by atoms with Crippen LogP contribution in [0.3, 0.4) is 0 Å². The summed E-state index contributed by atoms with van der Waals surface area (Å²) in [5, 5.41) is 3.47. The summed E-state index contributed by atoms with van der Waals surface area (Å²) in [4.78, 5) is 6.22. The Morgan fingerprint density at radius 2 is 2.20 bits per heavy atom. The Labute approximate surface area is 90.5 Å². The van der Waals surface area contributed by atoms with Crippen LogP contribution in [0, 0.1) is 0 Å². The Bertz CT molecular complexity index is 331. The van der Waals surface area contributed by atoms with Gasteiger partial charge < -0.3 is 16.0 Å². The second kappa shape index (κ2) is 4.06. The highest BCUT2D eigenvalue weighted by Crippen LogP contribution is 2.28. The number of nitrogens with zero attached hydrogens (tertiary/aromatic N) is 2. The van der Waals surface area contributed by atoms with Gasteiger partial charge >= 0.3 is 0 Å². The van der Waals surface area contributed by atoms with Gasteiger partial charge in [-0.15, -0.1) is 0 Å². The van der Waals surface area contributed by atoms with Gasteiger partial charge in [0.15, 0.2) is 0 Å². The third-order valence-electron chi connectivity index (χ3n) is 2.81. The van der Waals surface area contributed by atoms with E-state index in [1.807, 2.05) is 32.6 Å². The van der Waals surface area contributed by atoms with E-state index in [0.29, 0.717) is 12.1 Å². The first-order valence-corrected chi connectivity index (χ1v) is 5.30. The van der Waals surface area contributed by atoms with E-state index >= 15 is 0 Å². The predicted octanol–water partition coefficient (Wildman–Crippen LogP) is 1.05. The van der Waals surface area contributed by atoms with Crippen molar-refractivity contribution in [3.63, 3.8) is 0 Å². The molecule has 2 rings (SSSR count). The molecule has 1 saturated carbocycles. The van der Waals surface area contributed by atoms with Crippen molar-refractivity contribution in [1.29, 1.82) is 0 Å². The van der Waals surface area contributed by atoms with Crippen LogP contribution in [0.2, 0.25) is 0 Å². The second-order valence-electron chi connectivity index (χ2n) is 4.36. The topological polar surface area (TPSA) is 54.2 Å². The van der Waals surface area contributed by atoms with Crippen molar-refractivity contribution in [3.8, 4) is 0 Å². The van der Waals surface area contributed by atoms with Crippen LogP contribution in [-0.4, -0.2) is 31.2 Å². The van der Waals surface area contributed by atoms with Crippen molar-refractivity contribution >= 4 is 11.4 Å². The van der Waals surface area contributed by atoms with Gasteiger partial charge in [-0.05, 0) is 18.9 Å². The molecule has 4 heteroatoms. The average molecular weight is 206 g/mol. The van der Waals surface area contributed by atoms with Gasteiger partial charge in [0, 0.05) is 32.4 Å². The molecule has 0 saturated heterocycles. The van der Waals surface area contributed by atoms with E-state index in [1.165, 1.54) is 5.69 Å². The third-order valence-corrected chi connectivity index (χ3v) is 2.81. The van der Waals surface area contributed by atoms with Gasteiger partial charge in [-0.3, -0.25) is 4.98 Å². The maximum absolute atomic E-state index is 5.75. The van der Waals surface area contributed by atoms with Crippen molar-refractivity contribution in [2.45, 2.75) is 24.9 Å². The Morgan fingerprint density at radius 3 is 2.80 bits per heavy atom. The number of hydrogen-bond acceptors (Lipinski definition) is 4. The summed E-state index contributed by atoms with van der Waals surface area (Å²) in [6, 6.07) is 2.91. The zero-order valence-electron chi connectivity index (χ0n) is 9.27. The molecule has 1 aliphatic rings. The predicted molar refractivity (Wildman–Crippen MR) is 63.2 cm³/mol. The molecule has 0 amide bonds. The number of nitrogens with one attached hydrogen (secondary N) is 1. The molecule has 0 radical (unpaired) electrons. The quantitative estimate of drug-likeness (QED) is 0.776. The fourth-order valence-corrected chi connectivity index (χ4v) is 1.89. The fraction of sp³-hybridized carbons (Fsp3) is 0.545. The molecule has 1 aromatic heterocycles. The van der Waals surface area contributed by atoms with E-state index in [9.17, 15) is 0 Å². The van der Waals surface area contributed by atoms with Gasteiger partial charge in [-0.1, -0.05) is 0 Å². The second-order valence-corrected chi connectivity index (χ2v) is 4.36.